The van der Waals surface area contributed by atoms with Gasteiger partial charge in [0, 0.05) is 61.2 Å². The molecule has 9 atom stereocenters. The van der Waals surface area contributed by atoms with Crippen LogP contribution in [-0.2, 0) is 30.3 Å². The van der Waals surface area contributed by atoms with Gasteiger partial charge < -0.3 is 49.8 Å². The predicted octanol–water partition coefficient (Wildman–Crippen LogP) is 8.56. The van der Waals surface area contributed by atoms with Crippen LogP contribution in [0.1, 0.15) is 114 Å². The highest BCUT2D eigenvalue weighted by molar-refractivity contribution is 6.23. The van der Waals surface area contributed by atoms with Crippen LogP contribution >= 0.6 is 0 Å². The van der Waals surface area contributed by atoms with Crippen molar-refractivity contribution in [2.45, 2.75) is 136 Å². The highest BCUT2D eigenvalue weighted by Crippen LogP contribution is 2.59. The fraction of sp³-hybridized carbons (Fsp3) is 0.527. The van der Waals surface area contributed by atoms with Gasteiger partial charge in [-0.3, -0.25) is 19.4 Å². The number of aliphatic hydroxyl groups excluding tert-OH is 2. The fourth-order valence-electron chi connectivity index (χ4n) is 12.5. The number of rotatable bonds is 7. The van der Waals surface area contributed by atoms with Crippen LogP contribution in [0.4, 0.5) is 5.69 Å². The number of benzene rings is 3. The van der Waals surface area contributed by atoms with Crippen LogP contribution in [0.5, 0.6) is 23.0 Å². The van der Waals surface area contributed by atoms with Gasteiger partial charge in [0.2, 0.25) is 0 Å². The van der Waals surface area contributed by atoms with E-state index in [1.807, 2.05) is 30.3 Å². The number of anilines is 1. The van der Waals surface area contributed by atoms with Crippen LogP contribution in [-0.4, -0.2) is 97.3 Å². The van der Waals surface area contributed by atoms with E-state index in [2.05, 4.69) is 10.3 Å². The van der Waals surface area contributed by atoms with E-state index in [0.29, 0.717) is 24.3 Å². The summed E-state index contributed by atoms with van der Waals surface area (Å²) in [6.45, 7) is 13.1. The zero-order chi connectivity index (χ0) is 50.6. The second kappa shape index (κ2) is 19.7. The molecule has 4 saturated carbocycles. The molecule has 4 aliphatic carbocycles. The Hall–Kier alpha value is -5.90. The molecule has 9 bridgehead atoms. The monoisotopic (exact) mass is 963 g/mol. The van der Waals surface area contributed by atoms with Crippen molar-refractivity contribution in [1.82, 2.24) is 5.01 Å². The number of aliphatic hydroxyl groups is 2. The average Bonchev–Trinajstić information content (AvgIpc) is 3.58. The zero-order valence-electron chi connectivity index (χ0n) is 41.6. The molecule has 1 amide bonds. The van der Waals surface area contributed by atoms with E-state index in [-0.39, 0.29) is 50.0 Å². The van der Waals surface area contributed by atoms with Crippen LogP contribution in [0.25, 0.3) is 10.8 Å². The number of carbonyl (C=O) groups is 3. The molecule has 10 rings (SSSR count). The molecule has 376 valence electrons. The van der Waals surface area contributed by atoms with Gasteiger partial charge in [-0.25, -0.2) is 0 Å². The summed E-state index contributed by atoms with van der Waals surface area (Å²) in [4.78, 5) is 41.5. The molecule has 0 spiro atoms. The van der Waals surface area contributed by atoms with E-state index in [4.69, 9.17) is 24.0 Å². The molecular formula is C55H69N3O12. The average molecular weight is 964 g/mol. The van der Waals surface area contributed by atoms with E-state index in [1.165, 1.54) is 71.8 Å². The Labute approximate surface area is 409 Å². The lowest BCUT2D eigenvalue weighted by atomic mass is 9.52. The molecule has 7 aliphatic rings. The Morgan fingerprint density at radius 3 is 2.14 bits per heavy atom. The van der Waals surface area contributed by atoms with Gasteiger partial charge in [-0.05, 0) is 81.8 Å². The van der Waals surface area contributed by atoms with Crippen molar-refractivity contribution in [3.05, 3.63) is 88.7 Å². The standard InChI is InChI=1S/C55H69N3O12/c1-28-14-13-15-29(2)53(66)57-44-39(26-56-58(27-35-16-11-10-12-17-35)55-23-36-20-37(24-55)22-38(21-36)25-55)48(63)41-42(49(44)64)47(62)33(6)51-43(41)52(65)54(8,70-51)68-19-18-40(67-9)30(3)50(69-34(7)59)32(5)46(61)31(4)45(28)60/h10-19,26,28,30-32,36-38,40,45-46,50,60-64H,20-25,27H2,1-9H3,(H,57,66)/b14-13+,19-18+,29-15-,56-26+/t28-,30-,31-,32-,36?,37?,38?,40+,45+,46-,50-,54+,55?/m1/s1. The lowest BCUT2D eigenvalue weighted by molar-refractivity contribution is -0.160. The second-order valence-electron chi connectivity index (χ2n) is 21.0. The van der Waals surface area contributed by atoms with Crippen LogP contribution < -0.4 is 10.1 Å². The van der Waals surface area contributed by atoms with Gasteiger partial charge in [-0.15, -0.1) is 0 Å². The zero-order valence-corrected chi connectivity index (χ0v) is 41.6. The number of esters is 1. The summed E-state index contributed by atoms with van der Waals surface area (Å²) in [6, 6.07) is 10.0. The molecule has 0 aromatic heterocycles. The maximum Gasteiger partial charge on any atom is 0.312 e. The van der Waals surface area contributed by atoms with E-state index in [1.54, 1.807) is 46.8 Å². The van der Waals surface area contributed by atoms with Crippen molar-refractivity contribution in [1.29, 1.82) is 0 Å². The number of hydrogen-bond donors (Lipinski definition) is 6. The summed E-state index contributed by atoms with van der Waals surface area (Å²) in [5, 5.41) is 69.6. The van der Waals surface area contributed by atoms with Gasteiger partial charge in [0.15, 0.2) is 5.75 Å². The number of nitrogens with one attached hydrogen (secondary N) is 1. The van der Waals surface area contributed by atoms with Gasteiger partial charge in [0.05, 0.1) is 65.1 Å². The van der Waals surface area contributed by atoms with Crippen molar-refractivity contribution in [3.63, 3.8) is 0 Å². The van der Waals surface area contributed by atoms with E-state index in [0.717, 1.165) is 24.8 Å². The molecule has 4 fully saturated rings. The summed E-state index contributed by atoms with van der Waals surface area (Å²) < 4.78 is 24.0. The smallest absolute Gasteiger partial charge is 0.312 e. The number of hydrazone groups is 1. The minimum absolute atomic E-state index is 0.0637. The Kier molecular flexibility index (Phi) is 14.2. The Morgan fingerprint density at radius 1 is 0.886 bits per heavy atom. The number of fused-ring (bicyclic) bond motifs is 14. The van der Waals surface area contributed by atoms with E-state index in [9.17, 15) is 39.9 Å². The number of Topliss-reactive ketones (excluding diaryl/α,β-unsaturated/α-hetero) is 1. The number of carbonyl (C=O) groups excluding carboxylic acids is 3. The highest BCUT2D eigenvalue weighted by atomic mass is 16.7. The van der Waals surface area contributed by atoms with Crippen molar-refractivity contribution in [2.75, 3.05) is 12.4 Å². The first kappa shape index (κ1) is 50.5. The van der Waals surface area contributed by atoms with E-state index >= 15 is 0 Å². The van der Waals surface area contributed by atoms with Gasteiger partial charge in [0.25, 0.3) is 11.7 Å². The first-order valence-electron chi connectivity index (χ1n) is 24.6. The number of aromatic hydroxyl groups is 3. The largest absolute Gasteiger partial charge is 0.507 e. The molecule has 3 aromatic rings. The second-order valence-corrected chi connectivity index (χ2v) is 21.0. The molecule has 0 unspecified atom stereocenters. The SMILES string of the molecule is CO[C@H]1/C=C/O[C@@]2(C)Oc3c(C)c(O)c4c(O)c(c(/C=N/N(Cc5ccccc5)C56CC7CC(CC(C7)C5)C6)c(O)c4c3C2=O)NC(=O)/C(C)=C\C=C\[C@@H](C)[C@H](O)[C@@H](C)[C@@H](O)[C@@H](C)[C@H](OC(C)=O)[C@@H]1C. The fourth-order valence-corrected chi connectivity index (χ4v) is 12.5. The van der Waals surface area contributed by atoms with Crippen LogP contribution in [0.2, 0.25) is 0 Å². The van der Waals surface area contributed by atoms with Gasteiger partial charge in [-0.2, -0.15) is 5.10 Å². The number of methoxy groups -OCH3 is 1. The highest BCUT2D eigenvalue weighted by Gasteiger charge is 2.54. The number of phenolic OH excluding ortho intramolecular Hbond substituents is 3. The summed E-state index contributed by atoms with van der Waals surface area (Å²) in [5.74, 6) is -6.60. The number of ether oxygens (including phenoxy) is 4. The van der Waals surface area contributed by atoms with Crippen LogP contribution in [0.15, 0.2) is 71.6 Å². The van der Waals surface area contributed by atoms with Crippen LogP contribution in [0, 0.1) is 48.3 Å². The third-order valence-corrected chi connectivity index (χ3v) is 16.1. The Bertz CT molecular complexity index is 2610. The number of phenols is 3. The minimum atomic E-state index is -2.07. The lowest BCUT2D eigenvalue weighted by Crippen LogP contribution is -2.58. The first-order chi connectivity index (χ1) is 33.2. The number of allylic oxidation sites excluding steroid dienone is 2. The molecule has 6 N–H and O–H groups in total. The van der Waals surface area contributed by atoms with Crippen LogP contribution in [0.3, 0.4) is 0 Å². The van der Waals surface area contributed by atoms with Crippen molar-refractivity contribution in [2.24, 2.45) is 46.5 Å². The topological polar surface area (TPSA) is 217 Å². The first-order valence-corrected chi connectivity index (χ1v) is 24.6. The summed E-state index contributed by atoms with van der Waals surface area (Å²) in [7, 11) is 1.45. The molecule has 0 saturated heterocycles. The number of nitrogens with zero attached hydrogens (tertiary/aromatic N) is 2. The molecule has 3 aromatic carbocycles. The van der Waals surface area contributed by atoms with Gasteiger partial charge in [-0.1, -0.05) is 76.3 Å². The Balaban J connectivity index is 1.29. The molecule has 0 radical (unpaired) electrons. The number of amides is 1. The molecule has 70 heavy (non-hydrogen) atoms. The molecular weight excluding hydrogens is 895 g/mol. The lowest BCUT2D eigenvalue weighted by Gasteiger charge is -2.59. The maximum atomic E-state index is 14.8. The summed E-state index contributed by atoms with van der Waals surface area (Å²) in [6.07, 6.45) is 11.6. The summed E-state index contributed by atoms with van der Waals surface area (Å²) >= 11 is 0. The van der Waals surface area contributed by atoms with E-state index < -0.39 is 88.8 Å². The van der Waals surface area contributed by atoms with Crippen molar-refractivity contribution >= 4 is 40.3 Å². The third-order valence-electron chi connectivity index (χ3n) is 16.1. The Morgan fingerprint density at radius 2 is 1.53 bits per heavy atom. The third kappa shape index (κ3) is 9.27. The molecule has 15 heteroatoms. The van der Waals surface area contributed by atoms with Gasteiger partial charge in [0.1, 0.15) is 23.4 Å². The summed E-state index contributed by atoms with van der Waals surface area (Å²) in [5.41, 5.74) is 0.492. The van der Waals surface area contributed by atoms with Gasteiger partial charge >= 0.3 is 11.8 Å². The maximum absolute atomic E-state index is 14.8. The predicted molar refractivity (Wildman–Crippen MR) is 264 cm³/mol. The molecule has 3 heterocycles. The normalized spacial score (nSPS) is 35.0. The quantitative estimate of drug-likeness (QED) is 0.0431. The van der Waals surface area contributed by atoms with Crippen molar-refractivity contribution < 1.29 is 58.9 Å². The number of hydrogen-bond acceptors (Lipinski definition) is 14. The molecule has 15 nitrogen and oxygen atoms in total. The minimum Gasteiger partial charge on any atom is -0.507 e. The number of ketones is 1. The molecule has 3 aliphatic heterocycles. The van der Waals surface area contributed by atoms with Crippen molar-refractivity contribution in [3.8, 4) is 23.0 Å².